The van der Waals surface area contributed by atoms with Gasteiger partial charge in [-0.25, -0.2) is 14.4 Å². The third-order valence-corrected chi connectivity index (χ3v) is 7.31. The van der Waals surface area contributed by atoms with Gasteiger partial charge >= 0.3 is 0 Å². The molecule has 0 N–H and O–H groups in total. The van der Waals surface area contributed by atoms with Crippen LogP contribution in [-0.4, -0.2) is 53.3 Å². The smallest absolute Gasteiger partial charge is 0.156 e. The molecule has 0 bridgehead atoms. The first kappa shape index (κ1) is 20.3. The van der Waals surface area contributed by atoms with E-state index in [1.165, 1.54) is 16.0 Å². The first-order valence-corrected chi connectivity index (χ1v) is 11.7. The van der Waals surface area contributed by atoms with Gasteiger partial charge in [-0.2, -0.15) is 0 Å². The summed E-state index contributed by atoms with van der Waals surface area (Å²) in [5.74, 6) is 0.843. The lowest BCUT2D eigenvalue weighted by Crippen LogP contribution is -2.53. The van der Waals surface area contributed by atoms with Crippen LogP contribution in [0.5, 0.6) is 0 Å². The van der Waals surface area contributed by atoms with Gasteiger partial charge in [0.25, 0.3) is 0 Å². The number of nitrogens with zero attached hydrogens (tertiary/aromatic N) is 4. The number of rotatable bonds is 3. The largest absolute Gasteiger partial charge is 0.352 e. The Hall–Kier alpha value is -2.57. The monoisotopic (exact) mass is 434 g/mol. The summed E-state index contributed by atoms with van der Waals surface area (Å²) in [5, 5.41) is 1.10. The summed E-state index contributed by atoms with van der Waals surface area (Å²) in [5.41, 5.74) is 4.57. The maximum absolute atomic E-state index is 13.2. The molecule has 1 saturated heterocycles. The molecule has 5 rings (SSSR count). The van der Waals surface area contributed by atoms with Gasteiger partial charge < -0.3 is 4.90 Å². The molecule has 2 aliphatic rings. The molecule has 6 heteroatoms. The van der Waals surface area contributed by atoms with Crippen LogP contribution < -0.4 is 0 Å². The second-order valence-electron chi connectivity index (χ2n) is 8.49. The molecule has 0 spiro atoms. The predicted molar refractivity (Wildman–Crippen MR) is 125 cm³/mol. The van der Waals surface area contributed by atoms with Gasteiger partial charge in [0.1, 0.15) is 11.5 Å². The number of halogens is 1. The van der Waals surface area contributed by atoms with Gasteiger partial charge in [-0.3, -0.25) is 4.90 Å². The molecule has 160 valence electrons. The van der Waals surface area contributed by atoms with Crippen LogP contribution in [0.4, 0.5) is 10.1 Å². The fourth-order valence-electron chi connectivity index (χ4n) is 4.53. The highest BCUT2D eigenvalue weighted by atomic mass is 32.1. The second kappa shape index (κ2) is 8.52. The molecule has 0 saturated carbocycles. The lowest BCUT2D eigenvalue weighted by atomic mass is 10.0. The zero-order valence-electron chi connectivity index (χ0n) is 18.0. The van der Waals surface area contributed by atoms with Crippen molar-refractivity contribution >= 4 is 22.9 Å². The summed E-state index contributed by atoms with van der Waals surface area (Å²) in [6.07, 6.45) is 2.87. The lowest BCUT2D eigenvalue weighted by molar-refractivity contribution is 0.134. The maximum Gasteiger partial charge on any atom is 0.156 e. The van der Waals surface area contributed by atoms with Crippen LogP contribution in [0.15, 0.2) is 53.5 Å². The van der Waals surface area contributed by atoms with E-state index in [4.69, 9.17) is 9.98 Å². The number of benzene rings is 2. The van der Waals surface area contributed by atoms with Gasteiger partial charge in [0, 0.05) is 37.0 Å². The summed E-state index contributed by atoms with van der Waals surface area (Å²) in [4.78, 5) is 16.2. The maximum atomic E-state index is 13.2. The quantitative estimate of drug-likeness (QED) is 0.592. The molecule has 0 aliphatic carbocycles. The van der Waals surface area contributed by atoms with Gasteiger partial charge in [0.05, 0.1) is 10.7 Å². The molecule has 3 heterocycles. The van der Waals surface area contributed by atoms with Crippen LogP contribution in [0.2, 0.25) is 0 Å². The summed E-state index contributed by atoms with van der Waals surface area (Å²) in [6, 6.07) is 15.8. The van der Waals surface area contributed by atoms with Gasteiger partial charge in [0.2, 0.25) is 0 Å². The Kier molecular flexibility index (Phi) is 5.59. The standard InChI is InChI=1S/C25H27FN4S/c1-17-27-24-23(31-17)15-19-5-3-4-6-22(19)28-25(24)30-14-13-29(2)21(16-30)12-9-18-7-10-20(26)11-8-18/h3-8,10-11,21H,9,12-16H2,1-2H3/t21-/m0/s1. The number of thiazole rings is 1. The minimum atomic E-state index is -0.175. The molecule has 2 aliphatic heterocycles. The van der Waals surface area contributed by atoms with Crippen molar-refractivity contribution in [3.05, 3.63) is 81.1 Å². The van der Waals surface area contributed by atoms with Gasteiger partial charge in [-0.15, -0.1) is 11.3 Å². The summed E-state index contributed by atoms with van der Waals surface area (Å²) < 4.78 is 13.2. The molecule has 0 unspecified atom stereocenters. The lowest BCUT2D eigenvalue weighted by Gasteiger charge is -2.40. The van der Waals surface area contributed by atoms with Crippen LogP contribution in [0, 0.1) is 12.7 Å². The fraction of sp³-hybridized carbons (Fsp3) is 0.360. The molecule has 1 aromatic heterocycles. The molecule has 2 aromatic carbocycles. The van der Waals surface area contributed by atoms with Gasteiger partial charge in [0.15, 0.2) is 5.84 Å². The van der Waals surface area contributed by atoms with E-state index in [0.717, 1.165) is 61.1 Å². The van der Waals surface area contributed by atoms with Crippen molar-refractivity contribution in [2.45, 2.75) is 32.2 Å². The minimum absolute atomic E-state index is 0.175. The van der Waals surface area contributed by atoms with Crippen molar-refractivity contribution in [3.63, 3.8) is 0 Å². The second-order valence-corrected chi connectivity index (χ2v) is 9.78. The van der Waals surface area contributed by atoms with Crippen molar-refractivity contribution in [1.82, 2.24) is 14.8 Å². The third kappa shape index (κ3) is 4.27. The topological polar surface area (TPSA) is 31.7 Å². The number of aliphatic imine (C=N–C) groups is 1. The Labute approximate surface area is 187 Å². The Bertz CT molecular complexity index is 1100. The number of piperazine rings is 1. The van der Waals surface area contributed by atoms with E-state index in [1.807, 2.05) is 12.1 Å². The van der Waals surface area contributed by atoms with Crippen molar-refractivity contribution in [3.8, 4) is 0 Å². The summed E-state index contributed by atoms with van der Waals surface area (Å²) in [7, 11) is 2.20. The van der Waals surface area contributed by atoms with Crippen LogP contribution in [0.1, 0.15) is 33.1 Å². The minimum Gasteiger partial charge on any atom is -0.352 e. The molecule has 0 amide bonds. The van der Waals surface area contributed by atoms with Gasteiger partial charge in [-0.05, 0) is 56.1 Å². The van der Waals surface area contributed by atoms with E-state index in [9.17, 15) is 4.39 Å². The Morgan fingerprint density at radius 2 is 1.90 bits per heavy atom. The van der Waals surface area contributed by atoms with E-state index in [1.54, 1.807) is 23.5 Å². The first-order valence-electron chi connectivity index (χ1n) is 10.9. The van der Waals surface area contributed by atoms with Gasteiger partial charge in [-0.1, -0.05) is 30.3 Å². The number of para-hydroxylation sites is 1. The number of hydrogen-bond donors (Lipinski definition) is 0. The number of fused-ring (bicyclic) bond motifs is 2. The molecule has 31 heavy (non-hydrogen) atoms. The highest BCUT2D eigenvalue weighted by Gasteiger charge is 2.30. The molecular weight excluding hydrogens is 407 g/mol. The Morgan fingerprint density at radius 3 is 2.74 bits per heavy atom. The van der Waals surface area contributed by atoms with E-state index in [-0.39, 0.29) is 5.82 Å². The third-order valence-electron chi connectivity index (χ3n) is 6.34. The average Bonchev–Trinajstić information content (AvgIpc) is 3.06. The Balaban J connectivity index is 1.40. The van der Waals surface area contributed by atoms with Crippen LogP contribution in [-0.2, 0) is 12.8 Å². The number of likely N-dealkylation sites (N-methyl/N-ethyl adjacent to an activating group) is 1. The first-order chi connectivity index (χ1) is 15.1. The molecule has 1 fully saturated rings. The highest BCUT2D eigenvalue weighted by Crippen LogP contribution is 2.33. The normalized spacial score (nSPS) is 18.9. The zero-order valence-corrected chi connectivity index (χ0v) is 18.8. The highest BCUT2D eigenvalue weighted by molar-refractivity contribution is 7.11. The molecule has 4 nitrogen and oxygen atoms in total. The van der Waals surface area contributed by atoms with Crippen molar-refractivity contribution in [1.29, 1.82) is 0 Å². The van der Waals surface area contributed by atoms with Crippen molar-refractivity contribution < 1.29 is 4.39 Å². The van der Waals surface area contributed by atoms with E-state index in [2.05, 4.69) is 48.0 Å². The number of aryl methyl sites for hydroxylation is 2. The van der Waals surface area contributed by atoms with Crippen LogP contribution >= 0.6 is 11.3 Å². The van der Waals surface area contributed by atoms with Crippen molar-refractivity contribution in [2.75, 3.05) is 26.7 Å². The number of amidine groups is 1. The van der Waals surface area contributed by atoms with E-state index in [0.29, 0.717) is 6.04 Å². The zero-order chi connectivity index (χ0) is 21.4. The average molecular weight is 435 g/mol. The summed E-state index contributed by atoms with van der Waals surface area (Å²) >= 11 is 1.79. The van der Waals surface area contributed by atoms with E-state index < -0.39 is 0 Å². The van der Waals surface area contributed by atoms with Crippen LogP contribution in [0.3, 0.4) is 0 Å². The van der Waals surface area contributed by atoms with E-state index >= 15 is 0 Å². The SMILES string of the molecule is Cc1nc2c(s1)Cc1ccccc1N=C2N1CCN(C)[C@@H](CCc2ccc(F)cc2)C1. The molecular formula is C25H27FN4S. The van der Waals surface area contributed by atoms with Crippen molar-refractivity contribution in [2.24, 2.45) is 4.99 Å². The van der Waals surface area contributed by atoms with Crippen LogP contribution in [0.25, 0.3) is 0 Å². The summed E-state index contributed by atoms with van der Waals surface area (Å²) in [6.45, 7) is 4.95. The molecule has 1 atom stereocenters. The predicted octanol–water partition coefficient (Wildman–Crippen LogP) is 4.82. The molecule has 0 radical (unpaired) electrons. The Morgan fingerprint density at radius 1 is 1.10 bits per heavy atom. The fourth-order valence-corrected chi connectivity index (χ4v) is 5.48. The molecule has 3 aromatic rings. The number of aromatic nitrogens is 1. The number of hydrogen-bond acceptors (Lipinski definition) is 5.